The van der Waals surface area contributed by atoms with Gasteiger partial charge in [0.2, 0.25) is 5.91 Å². The molecule has 0 rings (SSSR count). The molecule has 0 aromatic heterocycles. The Bertz CT molecular complexity index is 515. The molecule has 0 aromatic rings. The lowest BCUT2D eigenvalue weighted by molar-refractivity contribution is -0.153. The number of carbonyl (C=O) groups excluding carboxylic acids is 1. The predicted octanol–water partition coefficient (Wildman–Crippen LogP) is 7.48. The maximum Gasteiger partial charge on any atom is 0.325 e. The number of nitrogens with zero attached hydrogens (tertiary/aromatic N) is 1. The number of carboxylic acids is 1. The van der Waals surface area contributed by atoms with Crippen LogP contribution in [0.25, 0.3) is 0 Å². The van der Waals surface area contributed by atoms with E-state index >= 15 is 0 Å². The van der Waals surface area contributed by atoms with Gasteiger partial charge in [-0.15, -0.1) is 0 Å². The van der Waals surface area contributed by atoms with E-state index in [0.29, 0.717) is 13.0 Å². The molecule has 0 aromatic carbocycles. The monoisotopic (exact) mass is 497 g/mol. The van der Waals surface area contributed by atoms with Crippen molar-refractivity contribution in [2.24, 2.45) is 11.6 Å². The van der Waals surface area contributed by atoms with Crippen LogP contribution in [0.2, 0.25) is 0 Å². The van der Waals surface area contributed by atoms with Crippen molar-refractivity contribution in [3.05, 3.63) is 0 Å². The van der Waals surface area contributed by atoms with E-state index in [-0.39, 0.29) is 12.8 Å². The number of primary amides is 1. The van der Waals surface area contributed by atoms with Gasteiger partial charge in [-0.3, -0.25) is 15.4 Å². The van der Waals surface area contributed by atoms with E-state index < -0.39 is 17.4 Å². The van der Waals surface area contributed by atoms with Gasteiger partial charge in [0.25, 0.3) is 0 Å². The standard InChI is InChI=1S/C29H59N3O3/c1-3-5-7-9-11-13-15-17-19-21-24-29(28(34)35,25-23-27(30)33)32(31)26-22-20-18-16-14-12-10-8-6-4-2/h3-26,31H2,1-2H3,(H2,30,33)(H,34,35)/t29-/m0/s1. The highest BCUT2D eigenvalue weighted by Crippen LogP contribution is 2.28. The topological polar surface area (TPSA) is 110 Å². The van der Waals surface area contributed by atoms with Gasteiger partial charge in [-0.2, -0.15) is 0 Å². The molecule has 0 fully saturated rings. The van der Waals surface area contributed by atoms with Crippen LogP contribution >= 0.6 is 0 Å². The second-order valence-electron chi connectivity index (χ2n) is 10.6. The molecule has 1 atom stereocenters. The fourth-order valence-electron chi connectivity index (χ4n) is 4.97. The quantitative estimate of drug-likeness (QED) is 0.0619. The van der Waals surface area contributed by atoms with Crippen molar-refractivity contribution < 1.29 is 14.7 Å². The van der Waals surface area contributed by atoms with E-state index in [1.54, 1.807) is 0 Å². The summed E-state index contributed by atoms with van der Waals surface area (Å²) in [7, 11) is 0. The fraction of sp³-hybridized carbons (Fsp3) is 0.931. The van der Waals surface area contributed by atoms with E-state index in [1.807, 2.05) is 0 Å². The van der Waals surface area contributed by atoms with Crippen LogP contribution in [0.15, 0.2) is 0 Å². The summed E-state index contributed by atoms with van der Waals surface area (Å²) in [6, 6.07) is 0. The molecule has 0 radical (unpaired) electrons. The molecular weight excluding hydrogens is 438 g/mol. The summed E-state index contributed by atoms with van der Waals surface area (Å²) in [6.45, 7) is 5.02. The first-order chi connectivity index (χ1) is 16.9. The first-order valence-corrected chi connectivity index (χ1v) is 14.9. The number of rotatable bonds is 27. The molecule has 0 saturated carbocycles. The van der Waals surface area contributed by atoms with E-state index in [9.17, 15) is 14.7 Å². The van der Waals surface area contributed by atoms with Crippen molar-refractivity contribution in [1.29, 1.82) is 0 Å². The Hall–Kier alpha value is -1.14. The molecule has 6 nitrogen and oxygen atoms in total. The Morgan fingerprint density at radius 2 is 1.00 bits per heavy atom. The number of nitrogens with two attached hydrogens (primary N) is 2. The highest BCUT2D eigenvalue weighted by molar-refractivity contribution is 5.80. The van der Waals surface area contributed by atoms with Gasteiger partial charge in [0, 0.05) is 13.0 Å². The van der Waals surface area contributed by atoms with Crippen LogP contribution in [-0.4, -0.2) is 34.1 Å². The first kappa shape index (κ1) is 33.9. The van der Waals surface area contributed by atoms with Gasteiger partial charge in [-0.1, -0.05) is 136 Å². The van der Waals surface area contributed by atoms with Crippen LogP contribution in [0.4, 0.5) is 0 Å². The molecule has 0 saturated heterocycles. The third-order valence-electron chi connectivity index (χ3n) is 7.43. The minimum atomic E-state index is -1.20. The van der Waals surface area contributed by atoms with Crippen LogP contribution in [0.1, 0.15) is 162 Å². The van der Waals surface area contributed by atoms with Crippen LogP contribution in [0.5, 0.6) is 0 Å². The average molecular weight is 498 g/mol. The lowest BCUT2D eigenvalue weighted by atomic mass is 9.86. The van der Waals surface area contributed by atoms with Crippen molar-refractivity contribution in [2.45, 2.75) is 167 Å². The first-order valence-electron chi connectivity index (χ1n) is 14.9. The number of carboxylic acid groups (broad SMARTS) is 1. The largest absolute Gasteiger partial charge is 0.480 e. The summed E-state index contributed by atoms with van der Waals surface area (Å²) in [5.41, 5.74) is 4.17. The summed E-state index contributed by atoms with van der Waals surface area (Å²) >= 11 is 0. The van der Waals surface area contributed by atoms with Crippen molar-refractivity contribution in [3.63, 3.8) is 0 Å². The van der Waals surface area contributed by atoms with E-state index in [1.165, 1.54) is 101 Å². The van der Waals surface area contributed by atoms with Crippen LogP contribution in [-0.2, 0) is 9.59 Å². The van der Waals surface area contributed by atoms with Crippen molar-refractivity contribution in [1.82, 2.24) is 5.01 Å². The number of hydrazine groups is 1. The Balaban J connectivity index is 4.39. The zero-order valence-electron chi connectivity index (χ0n) is 23.3. The van der Waals surface area contributed by atoms with E-state index in [4.69, 9.17) is 11.6 Å². The average Bonchev–Trinajstić information content (AvgIpc) is 2.83. The van der Waals surface area contributed by atoms with Crippen molar-refractivity contribution in [2.75, 3.05) is 6.54 Å². The zero-order chi connectivity index (χ0) is 26.2. The minimum absolute atomic E-state index is 0.0514. The third-order valence-corrected chi connectivity index (χ3v) is 7.43. The second-order valence-corrected chi connectivity index (χ2v) is 10.6. The number of hydrogen-bond acceptors (Lipinski definition) is 4. The number of aliphatic carboxylic acids is 1. The number of hydrogen-bond donors (Lipinski definition) is 3. The van der Waals surface area contributed by atoms with E-state index in [0.717, 1.165) is 32.1 Å². The molecule has 1 amide bonds. The maximum atomic E-state index is 12.4. The van der Waals surface area contributed by atoms with Gasteiger partial charge < -0.3 is 10.8 Å². The number of carbonyl (C=O) groups is 2. The highest BCUT2D eigenvalue weighted by Gasteiger charge is 2.42. The molecule has 0 aliphatic heterocycles. The maximum absolute atomic E-state index is 12.4. The molecular formula is C29H59N3O3. The SMILES string of the molecule is CCCCCCCCCCCCN(N)[C@@](CCCCCCCCCCCC)(CCC(N)=O)C(=O)O. The number of unbranched alkanes of at least 4 members (excludes halogenated alkanes) is 18. The number of amides is 1. The van der Waals surface area contributed by atoms with Crippen molar-refractivity contribution >= 4 is 11.9 Å². The molecule has 5 N–H and O–H groups in total. The predicted molar refractivity (Wildman–Crippen MR) is 148 cm³/mol. The molecule has 0 bridgehead atoms. The smallest absolute Gasteiger partial charge is 0.325 e. The fourth-order valence-corrected chi connectivity index (χ4v) is 4.97. The van der Waals surface area contributed by atoms with Gasteiger partial charge >= 0.3 is 5.97 Å². The Morgan fingerprint density at radius 1 is 0.629 bits per heavy atom. The molecule has 208 valence electrons. The molecule has 0 aliphatic rings. The van der Waals surface area contributed by atoms with Gasteiger partial charge in [-0.25, -0.2) is 5.01 Å². The summed E-state index contributed by atoms with van der Waals surface area (Å²) in [5.74, 6) is 4.98. The van der Waals surface area contributed by atoms with Gasteiger partial charge in [-0.05, 0) is 19.3 Å². The normalized spacial score (nSPS) is 13.3. The highest BCUT2D eigenvalue weighted by atomic mass is 16.4. The zero-order valence-corrected chi connectivity index (χ0v) is 23.3. The Morgan fingerprint density at radius 3 is 1.37 bits per heavy atom. The van der Waals surface area contributed by atoms with Crippen molar-refractivity contribution in [3.8, 4) is 0 Å². The van der Waals surface area contributed by atoms with Gasteiger partial charge in [0.15, 0.2) is 0 Å². The van der Waals surface area contributed by atoms with Crippen LogP contribution < -0.4 is 11.6 Å². The van der Waals surface area contributed by atoms with E-state index in [2.05, 4.69) is 13.8 Å². The Labute approximate surface area is 216 Å². The molecule has 0 aliphatic carbocycles. The summed E-state index contributed by atoms with van der Waals surface area (Å²) in [6.07, 6.45) is 24.9. The molecule has 35 heavy (non-hydrogen) atoms. The molecule has 0 unspecified atom stereocenters. The van der Waals surface area contributed by atoms with Crippen LogP contribution in [0, 0.1) is 0 Å². The summed E-state index contributed by atoms with van der Waals surface area (Å²) in [4.78, 5) is 23.8. The lowest BCUT2D eigenvalue weighted by Crippen LogP contribution is -2.58. The Kier molecular flexibility index (Phi) is 22.5. The summed E-state index contributed by atoms with van der Waals surface area (Å²) < 4.78 is 0. The van der Waals surface area contributed by atoms with Gasteiger partial charge in [0.05, 0.1) is 0 Å². The summed E-state index contributed by atoms with van der Waals surface area (Å²) in [5, 5.41) is 11.6. The van der Waals surface area contributed by atoms with Crippen LogP contribution in [0.3, 0.4) is 0 Å². The van der Waals surface area contributed by atoms with Gasteiger partial charge in [0.1, 0.15) is 5.54 Å². The lowest BCUT2D eigenvalue weighted by Gasteiger charge is -2.38. The molecule has 0 spiro atoms. The second kappa shape index (κ2) is 23.3. The molecule has 0 heterocycles. The third kappa shape index (κ3) is 17.9. The molecule has 6 heteroatoms. The minimum Gasteiger partial charge on any atom is -0.480 e.